The van der Waals surface area contributed by atoms with Crippen molar-refractivity contribution < 1.29 is 23.8 Å². The summed E-state index contributed by atoms with van der Waals surface area (Å²) in [5, 5.41) is 20.0. The van der Waals surface area contributed by atoms with Crippen LogP contribution in [0.25, 0.3) is 0 Å². The van der Waals surface area contributed by atoms with Crippen LogP contribution in [0.2, 0.25) is 0 Å². The summed E-state index contributed by atoms with van der Waals surface area (Å²) in [6.45, 7) is -0.478. The number of alkyl halides is 2. The van der Waals surface area contributed by atoms with Gasteiger partial charge in [-0.2, -0.15) is 0 Å². The number of carbonyl (C=O) groups excluding carboxylic acids is 1. The van der Waals surface area contributed by atoms with E-state index in [1.807, 2.05) is 0 Å². The molecule has 3 N–H and O–H groups in total. The van der Waals surface area contributed by atoms with Gasteiger partial charge in [-0.1, -0.05) is 12.1 Å². The lowest BCUT2D eigenvalue weighted by Gasteiger charge is -2.10. The summed E-state index contributed by atoms with van der Waals surface area (Å²) in [4.78, 5) is 11.3. The topological polar surface area (TPSA) is 69.6 Å². The number of halogens is 2. The van der Waals surface area contributed by atoms with E-state index in [2.05, 4.69) is 5.32 Å². The van der Waals surface area contributed by atoms with Gasteiger partial charge in [0.25, 0.3) is 6.43 Å². The molecule has 0 spiro atoms. The zero-order chi connectivity index (χ0) is 12.8. The molecule has 17 heavy (non-hydrogen) atoms. The maximum atomic E-state index is 11.9. The predicted octanol–water partition coefficient (Wildman–Crippen LogP) is 0.677. The fourth-order valence-corrected chi connectivity index (χ4v) is 1.17. The number of amides is 1. The molecule has 1 amide bonds. The van der Waals surface area contributed by atoms with Crippen LogP contribution in [0.1, 0.15) is 5.56 Å². The van der Waals surface area contributed by atoms with Crippen LogP contribution in [0.3, 0.4) is 0 Å². The van der Waals surface area contributed by atoms with E-state index in [0.29, 0.717) is 5.56 Å². The Morgan fingerprint density at radius 3 is 2.41 bits per heavy atom. The third-order valence-corrected chi connectivity index (χ3v) is 2.10. The molecule has 0 heterocycles. The van der Waals surface area contributed by atoms with Crippen molar-refractivity contribution in [1.29, 1.82) is 0 Å². The minimum Gasteiger partial charge on any atom is -0.508 e. The molecule has 6 heteroatoms. The molecule has 4 nitrogen and oxygen atoms in total. The minimum atomic E-state index is -2.87. The SMILES string of the molecule is O=C(Cc1ccc(O)cc1)NCC(O)C(F)F. The molecule has 0 saturated carbocycles. The minimum absolute atomic E-state index is 0.0102. The van der Waals surface area contributed by atoms with Crippen molar-refractivity contribution >= 4 is 5.91 Å². The Kier molecular flexibility index (Phi) is 4.84. The first-order valence-electron chi connectivity index (χ1n) is 5.00. The molecule has 0 aliphatic rings. The third kappa shape index (κ3) is 4.78. The van der Waals surface area contributed by atoms with Crippen LogP contribution in [-0.4, -0.2) is 35.2 Å². The molecular formula is C11H13F2NO3. The number of hydrogen-bond donors (Lipinski definition) is 3. The van der Waals surface area contributed by atoms with Gasteiger partial charge in [-0.3, -0.25) is 4.79 Å². The second-order valence-corrected chi connectivity index (χ2v) is 3.55. The number of aliphatic hydroxyl groups excluding tert-OH is 1. The molecule has 94 valence electrons. The third-order valence-electron chi connectivity index (χ3n) is 2.10. The molecule has 0 bridgehead atoms. The summed E-state index contributed by atoms with van der Waals surface area (Å²) in [5.41, 5.74) is 0.645. The van der Waals surface area contributed by atoms with Crippen molar-refractivity contribution in [2.75, 3.05) is 6.54 Å². The van der Waals surface area contributed by atoms with Crippen molar-refractivity contribution in [3.05, 3.63) is 29.8 Å². The van der Waals surface area contributed by atoms with Gasteiger partial charge in [0, 0.05) is 6.54 Å². The molecule has 1 atom stereocenters. The van der Waals surface area contributed by atoms with E-state index in [-0.39, 0.29) is 12.2 Å². The van der Waals surface area contributed by atoms with E-state index < -0.39 is 25.0 Å². The van der Waals surface area contributed by atoms with Crippen LogP contribution in [0.4, 0.5) is 8.78 Å². The van der Waals surface area contributed by atoms with Gasteiger partial charge in [0.1, 0.15) is 11.9 Å². The number of rotatable bonds is 5. The van der Waals surface area contributed by atoms with Gasteiger partial charge in [0.15, 0.2) is 0 Å². The second kappa shape index (κ2) is 6.15. The Morgan fingerprint density at radius 1 is 1.29 bits per heavy atom. The predicted molar refractivity (Wildman–Crippen MR) is 56.8 cm³/mol. The Bertz CT molecular complexity index is 367. The van der Waals surface area contributed by atoms with Gasteiger partial charge in [0.05, 0.1) is 6.42 Å². The number of phenolic OH excluding ortho intramolecular Hbond substituents is 1. The molecule has 0 aliphatic carbocycles. The Balaban J connectivity index is 2.37. The molecule has 1 unspecified atom stereocenters. The van der Waals surface area contributed by atoms with Crippen molar-refractivity contribution in [1.82, 2.24) is 5.32 Å². The average Bonchev–Trinajstić information content (AvgIpc) is 2.29. The van der Waals surface area contributed by atoms with E-state index in [9.17, 15) is 13.6 Å². The molecule has 1 aromatic rings. The highest BCUT2D eigenvalue weighted by Crippen LogP contribution is 2.09. The van der Waals surface area contributed by atoms with E-state index >= 15 is 0 Å². The van der Waals surface area contributed by atoms with Gasteiger partial charge in [-0.25, -0.2) is 8.78 Å². The van der Waals surface area contributed by atoms with Crippen LogP contribution in [0.5, 0.6) is 5.75 Å². The standard InChI is InChI=1S/C11H13F2NO3/c12-11(13)9(16)6-14-10(17)5-7-1-3-8(15)4-2-7/h1-4,9,11,15-16H,5-6H2,(H,14,17). The zero-order valence-electron chi connectivity index (χ0n) is 8.94. The highest BCUT2D eigenvalue weighted by atomic mass is 19.3. The van der Waals surface area contributed by atoms with Gasteiger partial charge >= 0.3 is 0 Å². The van der Waals surface area contributed by atoms with E-state index in [1.165, 1.54) is 12.1 Å². The summed E-state index contributed by atoms with van der Waals surface area (Å²) in [7, 11) is 0. The number of carbonyl (C=O) groups is 1. The number of aliphatic hydroxyl groups is 1. The van der Waals surface area contributed by atoms with E-state index in [4.69, 9.17) is 10.2 Å². The van der Waals surface area contributed by atoms with E-state index in [0.717, 1.165) is 0 Å². The van der Waals surface area contributed by atoms with Crippen molar-refractivity contribution in [3.63, 3.8) is 0 Å². The number of aromatic hydroxyl groups is 1. The van der Waals surface area contributed by atoms with Crippen LogP contribution in [0, 0.1) is 0 Å². The molecule has 0 aromatic heterocycles. The normalized spacial score (nSPS) is 12.5. The van der Waals surface area contributed by atoms with Crippen LogP contribution in [-0.2, 0) is 11.2 Å². The molecule has 0 aliphatic heterocycles. The maximum Gasteiger partial charge on any atom is 0.265 e. The summed E-state index contributed by atoms with van der Waals surface area (Å²) in [6.07, 6.45) is -4.71. The smallest absolute Gasteiger partial charge is 0.265 e. The molecule has 0 fully saturated rings. The zero-order valence-corrected chi connectivity index (χ0v) is 8.94. The first-order chi connectivity index (χ1) is 7.99. The second-order valence-electron chi connectivity index (χ2n) is 3.55. The summed E-state index contributed by atoms with van der Waals surface area (Å²) < 4.78 is 23.8. The van der Waals surface area contributed by atoms with Crippen molar-refractivity contribution in [2.45, 2.75) is 19.0 Å². The quantitative estimate of drug-likeness (QED) is 0.714. The first-order valence-corrected chi connectivity index (χ1v) is 5.00. The number of nitrogens with one attached hydrogen (secondary N) is 1. The summed E-state index contributed by atoms with van der Waals surface area (Å²) >= 11 is 0. The number of hydrogen-bond acceptors (Lipinski definition) is 3. The van der Waals surface area contributed by atoms with Crippen LogP contribution < -0.4 is 5.32 Å². The lowest BCUT2D eigenvalue weighted by atomic mass is 10.1. The lowest BCUT2D eigenvalue weighted by molar-refractivity contribution is -0.121. The van der Waals surface area contributed by atoms with Gasteiger partial charge in [0.2, 0.25) is 5.91 Å². The Labute approximate surface area is 96.9 Å². The maximum absolute atomic E-state index is 11.9. The monoisotopic (exact) mass is 245 g/mol. The summed E-state index contributed by atoms with van der Waals surface area (Å²) in [6, 6.07) is 5.96. The number of phenols is 1. The van der Waals surface area contributed by atoms with Crippen LogP contribution in [0.15, 0.2) is 24.3 Å². The van der Waals surface area contributed by atoms with Crippen molar-refractivity contribution in [2.24, 2.45) is 0 Å². The molecule has 0 radical (unpaired) electrons. The van der Waals surface area contributed by atoms with E-state index in [1.54, 1.807) is 12.1 Å². The fourth-order valence-electron chi connectivity index (χ4n) is 1.17. The first kappa shape index (κ1) is 13.4. The fraction of sp³-hybridized carbons (Fsp3) is 0.364. The lowest BCUT2D eigenvalue weighted by Crippen LogP contribution is -2.36. The van der Waals surface area contributed by atoms with Gasteiger partial charge < -0.3 is 15.5 Å². The molecule has 0 saturated heterocycles. The molecule has 1 aromatic carbocycles. The van der Waals surface area contributed by atoms with Gasteiger partial charge in [-0.05, 0) is 17.7 Å². The average molecular weight is 245 g/mol. The largest absolute Gasteiger partial charge is 0.508 e. The highest BCUT2D eigenvalue weighted by Gasteiger charge is 2.17. The molecule has 1 rings (SSSR count). The Morgan fingerprint density at radius 2 is 1.88 bits per heavy atom. The summed E-state index contributed by atoms with van der Waals surface area (Å²) in [5.74, 6) is -0.377. The molecular weight excluding hydrogens is 232 g/mol. The van der Waals surface area contributed by atoms with Gasteiger partial charge in [-0.15, -0.1) is 0 Å². The van der Waals surface area contributed by atoms with Crippen molar-refractivity contribution in [3.8, 4) is 5.75 Å². The van der Waals surface area contributed by atoms with Crippen LogP contribution >= 0.6 is 0 Å². The number of benzene rings is 1. The highest BCUT2D eigenvalue weighted by molar-refractivity contribution is 5.78. The Hall–Kier alpha value is -1.69.